The highest BCUT2D eigenvalue weighted by Gasteiger charge is 2.28. The molecule has 0 spiro atoms. The number of carboxylic acid groups (broad SMARTS) is 1. The fraction of sp³-hybridized carbons (Fsp3) is 0.417. The topological polar surface area (TPSA) is 40.5 Å². The summed E-state index contributed by atoms with van der Waals surface area (Å²) in [6, 6.07) is 5.13. The molecule has 92 valence electrons. The zero-order valence-electron chi connectivity index (χ0n) is 9.30. The minimum Gasteiger partial charge on any atom is -0.480 e. The normalized spacial score (nSPS) is 18.9. The molecule has 1 fully saturated rings. The minimum atomic E-state index is -0.914. The molecule has 5 heteroatoms. The first-order valence-corrected chi connectivity index (χ1v) is 6.64. The van der Waals surface area contributed by atoms with Gasteiger partial charge in [-0.2, -0.15) is 11.8 Å². The standard InChI is InChI=1S/C12H14FNO2S/c13-10-3-1-2-9(8-10)11(12(15)16)14-4-6-17-7-5-14/h1-3,8,11H,4-7H2,(H,15,16). The Bertz CT molecular complexity index is 407. The zero-order chi connectivity index (χ0) is 12.3. The summed E-state index contributed by atoms with van der Waals surface area (Å²) in [6.45, 7) is 1.47. The largest absolute Gasteiger partial charge is 0.480 e. The average molecular weight is 255 g/mol. The lowest BCUT2D eigenvalue weighted by atomic mass is 10.1. The van der Waals surface area contributed by atoms with Gasteiger partial charge in [0.2, 0.25) is 0 Å². The van der Waals surface area contributed by atoms with Crippen LogP contribution in [0.2, 0.25) is 0 Å². The predicted molar refractivity (Wildman–Crippen MR) is 65.7 cm³/mol. The van der Waals surface area contributed by atoms with Gasteiger partial charge in [0.1, 0.15) is 11.9 Å². The van der Waals surface area contributed by atoms with Gasteiger partial charge in [0.05, 0.1) is 0 Å². The highest BCUT2D eigenvalue weighted by molar-refractivity contribution is 7.99. The second kappa shape index (κ2) is 5.51. The van der Waals surface area contributed by atoms with Crippen LogP contribution in [-0.4, -0.2) is 40.6 Å². The Morgan fingerprint density at radius 2 is 2.12 bits per heavy atom. The van der Waals surface area contributed by atoms with E-state index in [1.807, 2.05) is 16.7 Å². The number of carboxylic acids is 1. The summed E-state index contributed by atoms with van der Waals surface area (Å²) in [6.07, 6.45) is 0. The average Bonchev–Trinajstić information content (AvgIpc) is 2.30. The van der Waals surface area contributed by atoms with E-state index in [1.165, 1.54) is 12.1 Å². The summed E-state index contributed by atoms with van der Waals surface area (Å²) >= 11 is 1.82. The first kappa shape index (κ1) is 12.4. The van der Waals surface area contributed by atoms with E-state index < -0.39 is 12.0 Å². The Balaban J connectivity index is 2.25. The van der Waals surface area contributed by atoms with E-state index in [4.69, 9.17) is 0 Å². The van der Waals surface area contributed by atoms with Crippen molar-refractivity contribution in [2.24, 2.45) is 0 Å². The van der Waals surface area contributed by atoms with Gasteiger partial charge in [-0.1, -0.05) is 12.1 Å². The third-order valence-electron chi connectivity index (χ3n) is 2.81. The second-order valence-electron chi connectivity index (χ2n) is 3.94. The molecule has 1 heterocycles. The van der Waals surface area contributed by atoms with Gasteiger partial charge in [-0.3, -0.25) is 9.69 Å². The van der Waals surface area contributed by atoms with Crippen LogP contribution in [0.4, 0.5) is 4.39 Å². The highest BCUT2D eigenvalue weighted by Crippen LogP contribution is 2.24. The van der Waals surface area contributed by atoms with Gasteiger partial charge in [-0.25, -0.2) is 4.39 Å². The SMILES string of the molecule is O=C(O)C(c1cccc(F)c1)N1CCSCC1. The molecule has 1 N–H and O–H groups in total. The summed E-state index contributed by atoms with van der Waals surface area (Å²) in [5, 5.41) is 9.30. The summed E-state index contributed by atoms with van der Waals surface area (Å²) in [5.74, 6) is 0.556. The monoisotopic (exact) mass is 255 g/mol. The summed E-state index contributed by atoms with van der Waals surface area (Å²) < 4.78 is 13.1. The van der Waals surface area contributed by atoms with Crippen molar-refractivity contribution in [2.45, 2.75) is 6.04 Å². The molecule has 1 aliphatic rings. The van der Waals surface area contributed by atoms with Crippen LogP contribution in [0.1, 0.15) is 11.6 Å². The van der Waals surface area contributed by atoms with E-state index >= 15 is 0 Å². The molecule has 0 radical (unpaired) electrons. The number of halogens is 1. The lowest BCUT2D eigenvalue weighted by Crippen LogP contribution is -2.39. The van der Waals surface area contributed by atoms with Crippen molar-refractivity contribution in [1.29, 1.82) is 0 Å². The summed E-state index contributed by atoms with van der Waals surface area (Å²) in [5.41, 5.74) is 0.518. The summed E-state index contributed by atoms with van der Waals surface area (Å²) in [4.78, 5) is 13.2. The predicted octanol–water partition coefficient (Wildman–Crippen LogP) is 2.00. The minimum absolute atomic E-state index is 0.389. The van der Waals surface area contributed by atoms with Crippen molar-refractivity contribution >= 4 is 17.7 Å². The Hall–Kier alpha value is -1.07. The number of hydrogen-bond acceptors (Lipinski definition) is 3. The quantitative estimate of drug-likeness (QED) is 0.897. The van der Waals surface area contributed by atoms with Gasteiger partial charge < -0.3 is 5.11 Å². The molecule has 0 bridgehead atoms. The molecule has 3 nitrogen and oxygen atoms in total. The Morgan fingerprint density at radius 1 is 1.41 bits per heavy atom. The van der Waals surface area contributed by atoms with Gasteiger partial charge in [-0.05, 0) is 17.7 Å². The molecule has 0 amide bonds. The molecule has 0 aliphatic carbocycles. The van der Waals surface area contributed by atoms with Crippen LogP contribution in [0.15, 0.2) is 24.3 Å². The first-order chi connectivity index (χ1) is 8.18. The molecule has 1 aromatic rings. The van der Waals surface area contributed by atoms with Gasteiger partial charge in [0, 0.05) is 24.6 Å². The van der Waals surface area contributed by atoms with Crippen molar-refractivity contribution < 1.29 is 14.3 Å². The molecule has 1 aliphatic heterocycles. The molecule has 0 aromatic heterocycles. The lowest BCUT2D eigenvalue weighted by Gasteiger charge is -2.31. The van der Waals surface area contributed by atoms with Crippen molar-refractivity contribution in [2.75, 3.05) is 24.6 Å². The molecule has 17 heavy (non-hydrogen) atoms. The van der Waals surface area contributed by atoms with Gasteiger partial charge >= 0.3 is 5.97 Å². The van der Waals surface area contributed by atoms with Crippen molar-refractivity contribution in [1.82, 2.24) is 4.90 Å². The highest BCUT2D eigenvalue weighted by atomic mass is 32.2. The van der Waals surface area contributed by atoms with Crippen LogP contribution in [0.5, 0.6) is 0 Å². The number of thioether (sulfide) groups is 1. The van der Waals surface area contributed by atoms with Crippen LogP contribution < -0.4 is 0 Å². The molecule has 1 atom stereocenters. The fourth-order valence-electron chi connectivity index (χ4n) is 2.02. The zero-order valence-corrected chi connectivity index (χ0v) is 10.1. The van der Waals surface area contributed by atoms with E-state index in [9.17, 15) is 14.3 Å². The number of aliphatic carboxylic acids is 1. The molecule has 1 aromatic carbocycles. The second-order valence-corrected chi connectivity index (χ2v) is 5.17. The van der Waals surface area contributed by atoms with Crippen molar-refractivity contribution in [3.63, 3.8) is 0 Å². The van der Waals surface area contributed by atoms with Crippen LogP contribution in [0, 0.1) is 5.82 Å². The number of benzene rings is 1. The number of rotatable bonds is 3. The summed E-state index contributed by atoms with van der Waals surface area (Å²) in [7, 11) is 0. The third kappa shape index (κ3) is 2.98. The Kier molecular flexibility index (Phi) is 4.02. The molecule has 2 rings (SSSR count). The smallest absolute Gasteiger partial charge is 0.325 e. The lowest BCUT2D eigenvalue weighted by molar-refractivity contribution is -0.143. The number of carbonyl (C=O) groups is 1. The molecular formula is C12H14FNO2S. The van der Waals surface area contributed by atoms with E-state index in [0.29, 0.717) is 5.56 Å². The Labute approximate surface area is 104 Å². The Morgan fingerprint density at radius 3 is 2.71 bits per heavy atom. The van der Waals surface area contributed by atoms with Gasteiger partial charge in [0.25, 0.3) is 0 Å². The molecule has 0 saturated carbocycles. The van der Waals surface area contributed by atoms with Crippen LogP contribution in [-0.2, 0) is 4.79 Å². The first-order valence-electron chi connectivity index (χ1n) is 5.48. The van der Waals surface area contributed by atoms with E-state index in [0.717, 1.165) is 24.6 Å². The number of nitrogens with zero attached hydrogens (tertiary/aromatic N) is 1. The van der Waals surface area contributed by atoms with Crippen LogP contribution in [0.3, 0.4) is 0 Å². The maximum Gasteiger partial charge on any atom is 0.325 e. The number of hydrogen-bond donors (Lipinski definition) is 1. The van der Waals surface area contributed by atoms with E-state index in [1.54, 1.807) is 12.1 Å². The molecule has 1 unspecified atom stereocenters. The molecule has 1 saturated heterocycles. The van der Waals surface area contributed by atoms with Crippen molar-refractivity contribution in [3.05, 3.63) is 35.6 Å². The maximum atomic E-state index is 13.1. The van der Waals surface area contributed by atoms with E-state index in [-0.39, 0.29) is 5.82 Å². The van der Waals surface area contributed by atoms with Crippen molar-refractivity contribution in [3.8, 4) is 0 Å². The van der Waals surface area contributed by atoms with E-state index in [2.05, 4.69) is 0 Å². The van der Waals surface area contributed by atoms with Gasteiger partial charge in [0.15, 0.2) is 0 Å². The third-order valence-corrected chi connectivity index (χ3v) is 3.75. The molecular weight excluding hydrogens is 241 g/mol. The van der Waals surface area contributed by atoms with Crippen LogP contribution in [0.25, 0.3) is 0 Å². The van der Waals surface area contributed by atoms with Crippen LogP contribution >= 0.6 is 11.8 Å². The fourth-order valence-corrected chi connectivity index (χ4v) is 2.95. The van der Waals surface area contributed by atoms with Gasteiger partial charge in [-0.15, -0.1) is 0 Å². The maximum absolute atomic E-state index is 13.1.